The van der Waals surface area contributed by atoms with Crippen molar-refractivity contribution >= 4 is 16.9 Å². The summed E-state index contributed by atoms with van der Waals surface area (Å²) in [4.78, 5) is 23.1. The molecule has 2 atom stereocenters. The lowest BCUT2D eigenvalue weighted by atomic mass is 10.0. The number of para-hydroxylation sites is 2. The van der Waals surface area contributed by atoms with Crippen LogP contribution in [0, 0.1) is 5.82 Å². The zero-order chi connectivity index (χ0) is 17.4. The lowest BCUT2D eigenvalue weighted by Gasteiger charge is -2.24. The number of carbonyl (C=O) groups is 1. The van der Waals surface area contributed by atoms with Gasteiger partial charge in [-0.1, -0.05) is 24.3 Å². The third kappa shape index (κ3) is 2.96. The number of aromatic nitrogens is 2. The van der Waals surface area contributed by atoms with Gasteiger partial charge >= 0.3 is 0 Å². The molecule has 0 saturated carbocycles. The van der Waals surface area contributed by atoms with Crippen LogP contribution in [0.3, 0.4) is 0 Å². The molecule has 2 aromatic carbocycles. The summed E-state index contributed by atoms with van der Waals surface area (Å²) in [7, 11) is 0. The van der Waals surface area contributed by atoms with Crippen LogP contribution in [0.25, 0.3) is 11.0 Å². The first-order valence-corrected chi connectivity index (χ1v) is 8.08. The zero-order valence-electron chi connectivity index (χ0n) is 13.3. The van der Waals surface area contributed by atoms with Gasteiger partial charge in [0.15, 0.2) is 0 Å². The Hall–Kier alpha value is -2.86. The Labute approximate surface area is 143 Å². The van der Waals surface area contributed by atoms with Gasteiger partial charge in [-0.2, -0.15) is 0 Å². The maximum absolute atomic E-state index is 13.6. The van der Waals surface area contributed by atoms with Gasteiger partial charge in [-0.25, -0.2) is 9.37 Å². The lowest BCUT2D eigenvalue weighted by Crippen LogP contribution is -2.32. The summed E-state index contributed by atoms with van der Waals surface area (Å²) in [5, 5.41) is 10.0. The number of β-amino-alcohol motifs (C(OH)–C–C–N with tert-alkyl or cyclic N) is 1. The van der Waals surface area contributed by atoms with E-state index >= 15 is 0 Å². The van der Waals surface area contributed by atoms with Crippen LogP contribution in [-0.4, -0.2) is 38.5 Å². The molecule has 3 aromatic rings. The first kappa shape index (κ1) is 15.7. The van der Waals surface area contributed by atoms with E-state index in [0.29, 0.717) is 23.0 Å². The van der Waals surface area contributed by atoms with Crippen molar-refractivity contribution in [3.8, 4) is 0 Å². The van der Waals surface area contributed by atoms with E-state index in [2.05, 4.69) is 9.97 Å². The average molecular weight is 337 g/mol. The SMILES string of the molecule is O=C(c1cnc2ccccc2n1)N1C[C@@H](O)C[C@@H]1c1cccc(F)c1. The first-order valence-electron chi connectivity index (χ1n) is 8.08. The van der Waals surface area contributed by atoms with E-state index in [4.69, 9.17) is 0 Å². The van der Waals surface area contributed by atoms with Crippen LogP contribution < -0.4 is 0 Å². The molecule has 1 N–H and O–H groups in total. The lowest BCUT2D eigenvalue weighted by molar-refractivity contribution is 0.0709. The third-order valence-electron chi connectivity index (χ3n) is 4.44. The van der Waals surface area contributed by atoms with Crippen LogP contribution in [0.2, 0.25) is 0 Å². The number of amides is 1. The summed E-state index contributed by atoms with van der Waals surface area (Å²) in [6, 6.07) is 13.0. The number of benzene rings is 2. The van der Waals surface area contributed by atoms with Crippen molar-refractivity contribution < 1.29 is 14.3 Å². The topological polar surface area (TPSA) is 66.3 Å². The van der Waals surface area contributed by atoms with Crippen molar-refractivity contribution in [2.45, 2.75) is 18.6 Å². The Bertz CT molecular complexity index is 947. The van der Waals surface area contributed by atoms with Crippen molar-refractivity contribution in [2.24, 2.45) is 0 Å². The normalized spacial score (nSPS) is 20.2. The largest absolute Gasteiger partial charge is 0.391 e. The number of aliphatic hydroxyl groups is 1. The number of nitrogens with zero attached hydrogens (tertiary/aromatic N) is 3. The molecule has 1 fully saturated rings. The Balaban J connectivity index is 1.69. The molecule has 6 heteroatoms. The van der Waals surface area contributed by atoms with Crippen LogP contribution in [0.4, 0.5) is 4.39 Å². The second-order valence-corrected chi connectivity index (χ2v) is 6.16. The van der Waals surface area contributed by atoms with E-state index in [1.54, 1.807) is 18.2 Å². The number of hydrogen-bond donors (Lipinski definition) is 1. The number of carbonyl (C=O) groups excluding carboxylic acids is 1. The van der Waals surface area contributed by atoms with Gasteiger partial charge in [0.1, 0.15) is 11.5 Å². The van der Waals surface area contributed by atoms with Crippen LogP contribution >= 0.6 is 0 Å². The minimum Gasteiger partial charge on any atom is -0.391 e. The molecule has 5 nitrogen and oxygen atoms in total. The minimum absolute atomic E-state index is 0.189. The molecular weight excluding hydrogens is 321 g/mol. The molecular formula is C19H16FN3O2. The first-order chi connectivity index (χ1) is 12.1. The molecule has 1 amide bonds. The Morgan fingerprint density at radius 2 is 1.96 bits per heavy atom. The molecule has 1 saturated heterocycles. The van der Waals surface area contributed by atoms with E-state index in [9.17, 15) is 14.3 Å². The van der Waals surface area contributed by atoms with E-state index in [0.717, 1.165) is 0 Å². The van der Waals surface area contributed by atoms with Crippen molar-refractivity contribution in [3.63, 3.8) is 0 Å². The molecule has 0 radical (unpaired) electrons. The van der Waals surface area contributed by atoms with E-state index in [1.807, 2.05) is 18.2 Å². The highest BCUT2D eigenvalue weighted by Gasteiger charge is 2.36. The number of rotatable bonds is 2. The predicted octanol–water partition coefficient (Wildman–Crippen LogP) is 2.72. The fraction of sp³-hybridized carbons (Fsp3) is 0.211. The van der Waals surface area contributed by atoms with Gasteiger partial charge in [-0.15, -0.1) is 0 Å². The number of hydrogen-bond acceptors (Lipinski definition) is 4. The molecule has 1 aliphatic rings. The number of likely N-dealkylation sites (tertiary alicyclic amines) is 1. The monoisotopic (exact) mass is 337 g/mol. The molecule has 25 heavy (non-hydrogen) atoms. The van der Waals surface area contributed by atoms with Gasteiger partial charge in [0.2, 0.25) is 0 Å². The van der Waals surface area contributed by atoms with Crippen molar-refractivity contribution in [3.05, 3.63) is 71.8 Å². The summed E-state index contributed by atoms with van der Waals surface area (Å²) in [5.41, 5.74) is 2.23. The zero-order valence-corrected chi connectivity index (χ0v) is 13.3. The van der Waals surface area contributed by atoms with Gasteiger partial charge in [0.05, 0.1) is 29.4 Å². The molecule has 0 unspecified atom stereocenters. The van der Waals surface area contributed by atoms with Crippen molar-refractivity contribution in [1.82, 2.24) is 14.9 Å². The van der Waals surface area contributed by atoms with Gasteiger partial charge in [-0.05, 0) is 36.2 Å². The van der Waals surface area contributed by atoms with Crippen molar-refractivity contribution in [1.29, 1.82) is 0 Å². The smallest absolute Gasteiger partial charge is 0.274 e. The van der Waals surface area contributed by atoms with Gasteiger partial charge in [0, 0.05) is 6.54 Å². The van der Waals surface area contributed by atoms with Crippen LogP contribution in [0.15, 0.2) is 54.7 Å². The van der Waals surface area contributed by atoms with Gasteiger partial charge < -0.3 is 10.0 Å². The number of aliphatic hydroxyl groups excluding tert-OH is 1. The standard InChI is InChI=1S/C19H16FN3O2/c20-13-5-3-4-12(8-13)18-9-14(24)11-23(18)19(25)17-10-21-15-6-1-2-7-16(15)22-17/h1-8,10,14,18,24H,9,11H2/t14-,18+/m0/s1. The summed E-state index contributed by atoms with van der Waals surface area (Å²) < 4.78 is 13.6. The molecule has 0 spiro atoms. The average Bonchev–Trinajstić information content (AvgIpc) is 3.02. The third-order valence-corrected chi connectivity index (χ3v) is 4.44. The van der Waals surface area contributed by atoms with Crippen molar-refractivity contribution in [2.75, 3.05) is 6.54 Å². The van der Waals surface area contributed by atoms with E-state index in [-0.39, 0.29) is 30.0 Å². The van der Waals surface area contributed by atoms with Crippen LogP contribution in [0.1, 0.15) is 28.5 Å². The highest BCUT2D eigenvalue weighted by molar-refractivity contribution is 5.94. The summed E-state index contributed by atoms with van der Waals surface area (Å²) in [6.07, 6.45) is 1.17. The van der Waals surface area contributed by atoms with E-state index < -0.39 is 6.10 Å². The molecule has 1 aliphatic heterocycles. The highest BCUT2D eigenvalue weighted by Crippen LogP contribution is 2.33. The minimum atomic E-state index is -0.648. The predicted molar refractivity (Wildman–Crippen MR) is 90.3 cm³/mol. The second-order valence-electron chi connectivity index (χ2n) is 6.16. The highest BCUT2D eigenvalue weighted by atomic mass is 19.1. The Morgan fingerprint density at radius 3 is 2.76 bits per heavy atom. The number of fused-ring (bicyclic) bond motifs is 1. The van der Waals surface area contributed by atoms with Crippen LogP contribution in [0.5, 0.6) is 0 Å². The molecule has 2 heterocycles. The summed E-state index contributed by atoms with van der Waals surface area (Å²) in [5.74, 6) is -0.680. The maximum Gasteiger partial charge on any atom is 0.274 e. The molecule has 0 bridgehead atoms. The summed E-state index contributed by atoms with van der Waals surface area (Å²) in [6.45, 7) is 0.189. The Morgan fingerprint density at radius 1 is 1.16 bits per heavy atom. The molecule has 4 rings (SSSR count). The van der Waals surface area contributed by atoms with Crippen LogP contribution in [-0.2, 0) is 0 Å². The quantitative estimate of drug-likeness (QED) is 0.781. The molecule has 126 valence electrons. The van der Waals surface area contributed by atoms with Gasteiger partial charge in [0.25, 0.3) is 5.91 Å². The molecule has 0 aliphatic carbocycles. The van der Waals surface area contributed by atoms with Gasteiger partial charge in [-0.3, -0.25) is 9.78 Å². The summed E-state index contributed by atoms with van der Waals surface area (Å²) >= 11 is 0. The second kappa shape index (κ2) is 6.22. The number of halogens is 1. The molecule has 1 aromatic heterocycles. The fourth-order valence-corrected chi connectivity index (χ4v) is 3.28. The fourth-order valence-electron chi connectivity index (χ4n) is 3.28. The Kier molecular flexibility index (Phi) is 3.89. The maximum atomic E-state index is 13.6. The van der Waals surface area contributed by atoms with E-state index in [1.165, 1.54) is 23.2 Å².